The van der Waals surface area contributed by atoms with Gasteiger partial charge < -0.3 is 9.80 Å². The predicted octanol–water partition coefficient (Wildman–Crippen LogP) is -0.753. The lowest BCUT2D eigenvalue weighted by Crippen LogP contribution is -3.28. The molecular formula is C20H29N3O2+2. The molecule has 2 heterocycles. The molecule has 2 saturated heterocycles. The molecule has 0 aromatic heterocycles. The molecule has 25 heavy (non-hydrogen) atoms. The molecule has 2 amide bonds. The van der Waals surface area contributed by atoms with E-state index in [0.717, 1.165) is 58.4 Å². The summed E-state index contributed by atoms with van der Waals surface area (Å²) in [5.41, 5.74) is 1.06. The fourth-order valence-electron chi connectivity index (χ4n) is 4.86. The maximum Gasteiger partial charge on any atom is 0.240 e. The lowest BCUT2D eigenvalue weighted by Gasteiger charge is -2.31. The molecule has 1 aromatic carbocycles. The quantitative estimate of drug-likeness (QED) is 0.707. The first-order chi connectivity index (χ1) is 12.2. The lowest BCUT2D eigenvalue weighted by atomic mass is 9.85. The number of quaternary nitrogens is 2. The van der Waals surface area contributed by atoms with E-state index in [9.17, 15) is 9.59 Å². The van der Waals surface area contributed by atoms with Gasteiger partial charge in [0.1, 0.15) is 32.7 Å². The van der Waals surface area contributed by atoms with Gasteiger partial charge in [-0.25, -0.2) is 4.90 Å². The molecule has 0 radical (unpaired) electrons. The third kappa shape index (κ3) is 3.35. The van der Waals surface area contributed by atoms with E-state index in [4.69, 9.17) is 0 Å². The van der Waals surface area contributed by atoms with E-state index < -0.39 is 0 Å². The van der Waals surface area contributed by atoms with Crippen molar-refractivity contribution in [1.29, 1.82) is 0 Å². The van der Waals surface area contributed by atoms with Crippen molar-refractivity contribution in [3.63, 3.8) is 0 Å². The monoisotopic (exact) mass is 343 g/mol. The second-order valence-corrected chi connectivity index (χ2v) is 8.11. The first-order valence-electron chi connectivity index (χ1n) is 9.72. The maximum absolute atomic E-state index is 12.8. The Morgan fingerprint density at radius 2 is 1.56 bits per heavy atom. The molecule has 134 valence electrons. The Bertz CT molecular complexity index is 632. The molecule has 0 bridgehead atoms. The Morgan fingerprint density at radius 1 is 0.920 bits per heavy atom. The lowest BCUT2D eigenvalue weighted by molar-refractivity contribution is -1.02. The summed E-state index contributed by atoms with van der Waals surface area (Å²) in [5, 5.41) is 0. The van der Waals surface area contributed by atoms with Gasteiger partial charge >= 0.3 is 0 Å². The van der Waals surface area contributed by atoms with Gasteiger partial charge in [0.05, 0.1) is 5.41 Å². The molecule has 2 aliphatic heterocycles. The number of likely N-dealkylation sites (tertiary alicyclic amines) is 1. The number of nitrogens with one attached hydrogen (secondary N) is 2. The summed E-state index contributed by atoms with van der Waals surface area (Å²) in [6, 6.07) is 10.6. The largest absolute Gasteiger partial charge is 0.322 e. The minimum Gasteiger partial charge on any atom is -0.322 e. The number of carbonyl (C=O) groups excluding carboxylic acids is 2. The van der Waals surface area contributed by atoms with Crippen LogP contribution in [0.25, 0.3) is 0 Å². The van der Waals surface area contributed by atoms with Gasteiger partial charge in [-0.2, -0.15) is 0 Å². The van der Waals surface area contributed by atoms with Crippen LogP contribution in [-0.4, -0.2) is 49.6 Å². The maximum atomic E-state index is 12.8. The normalized spacial score (nSPS) is 28.9. The molecule has 5 heteroatoms. The minimum absolute atomic E-state index is 0.0680. The van der Waals surface area contributed by atoms with Gasteiger partial charge in [-0.1, -0.05) is 43.2 Å². The third-order valence-electron chi connectivity index (χ3n) is 6.39. The van der Waals surface area contributed by atoms with Crippen molar-refractivity contribution in [2.75, 3.05) is 32.8 Å². The number of rotatable bonds is 4. The van der Waals surface area contributed by atoms with Crippen molar-refractivity contribution in [1.82, 2.24) is 4.90 Å². The molecule has 5 nitrogen and oxygen atoms in total. The second kappa shape index (κ2) is 6.89. The van der Waals surface area contributed by atoms with Crippen LogP contribution in [0.3, 0.4) is 0 Å². The van der Waals surface area contributed by atoms with Crippen molar-refractivity contribution in [2.45, 2.75) is 38.6 Å². The SMILES string of the molecule is O=C1CC2(CCCC2)C(=O)N1C[NH+]1CC[NH+](Cc2ccccc2)CC1. The van der Waals surface area contributed by atoms with E-state index in [-0.39, 0.29) is 17.2 Å². The van der Waals surface area contributed by atoms with Gasteiger partial charge in [0.15, 0.2) is 6.67 Å². The minimum atomic E-state index is -0.323. The third-order valence-corrected chi connectivity index (χ3v) is 6.39. The highest BCUT2D eigenvalue weighted by Gasteiger charge is 2.53. The molecule has 2 N–H and O–H groups in total. The summed E-state index contributed by atoms with van der Waals surface area (Å²) in [6.07, 6.45) is 4.49. The Balaban J connectivity index is 1.30. The molecule has 0 atom stereocenters. The molecule has 1 aromatic rings. The number of benzene rings is 1. The molecule has 0 unspecified atom stereocenters. The summed E-state index contributed by atoms with van der Waals surface area (Å²) >= 11 is 0. The fraction of sp³-hybridized carbons (Fsp3) is 0.600. The first-order valence-corrected chi connectivity index (χ1v) is 9.72. The highest BCUT2D eigenvalue weighted by atomic mass is 16.2. The summed E-state index contributed by atoms with van der Waals surface area (Å²) in [7, 11) is 0. The van der Waals surface area contributed by atoms with E-state index in [1.54, 1.807) is 9.80 Å². The Kier molecular flexibility index (Phi) is 4.61. The van der Waals surface area contributed by atoms with Gasteiger partial charge in [0, 0.05) is 12.0 Å². The first kappa shape index (κ1) is 16.7. The zero-order valence-electron chi connectivity index (χ0n) is 14.9. The van der Waals surface area contributed by atoms with E-state index in [0.29, 0.717) is 13.1 Å². The van der Waals surface area contributed by atoms with Gasteiger partial charge in [0.2, 0.25) is 11.8 Å². The van der Waals surface area contributed by atoms with E-state index in [2.05, 4.69) is 30.3 Å². The molecule has 1 spiro atoms. The van der Waals surface area contributed by atoms with Crippen LogP contribution in [0.2, 0.25) is 0 Å². The van der Waals surface area contributed by atoms with Crippen LogP contribution in [0.1, 0.15) is 37.7 Å². The van der Waals surface area contributed by atoms with Gasteiger partial charge in [0.25, 0.3) is 0 Å². The van der Waals surface area contributed by atoms with Crippen LogP contribution in [0, 0.1) is 5.41 Å². The zero-order chi connectivity index (χ0) is 17.3. The number of amides is 2. The van der Waals surface area contributed by atoms with Crippen molar-refractivity contribution in [3.05, 3.63) is 35.9 Å². The fourth-order valence-corrected chi connectivity index (χ4v) is 4.86. The molecule has 4 rings (SSSR count). The van der Waals surface area contributed by atoms with Crippen LogP contribution < -0.4 is 9.80 Å². The number of nitrogens with zero attached hydrogens (tertiary/aromatic N) is 1. The molecular weight excluding hydrogens is 314 g/mol. The van der Waals surface area contributed by atoms with Gasteiger partial charge in [-0.15, -0.1) is 0 Å². The van der Waals surface area contributed by atoms with Crippen LogP contribution in [0.15, 0.2) is 30.3 Å². The highest BCUT2D eigenvalue weighted by molar-refractivity contribution is 6.05. The van der Waals surface area contributed by atoms with E-state index in [1.165, 1.54) is 10.5 Å². The number of hydrogen-bond acceptors (Lipinski definition) is 2. The number of imide groups is 1. The molecule has 1 aliphatic carbocycles. The van der Waals surface area contributed by atoms with Crippen molar-refractivity contribution < 1.29 is 19.4 Å². The Hall–Kier alpha value is -1.72. The van der Waals surface area contributed by atoms with E-state index in [1.807, 2.05) is 0 Å². The molecule has 3 fully saturated rings. The summed E-state index contributed by atoms with van der Waals surface area (Å²) in [4.78, 5) is 29.8. The highest BCUT2D eigenvalue weighted by Crippen LogP contribution is 2.46. The average Bonchev–Trinajstić information content (AvgIpc) is 3.18. The van der Waals surface area contributed by atoms with Crippen molar-refractivity contribution in [3.8, 4) is 0 Å². The molecule has 3 aliphatic rings. The predicted molar refractivity (Wildman–Crippen MR) is 93.8 cm³/mol. The van der Waals surface area contributed by atoms with E-state index >= 15 is 0 Å². The smallest absolute Gasteiger partial charge is 0.240 e. The Morgan fingerprint density at radius 3 is 2.24 bits per heavy atom. The second-order valence-electron chi connectivity index (χ2n) is 8.11. The van der Waals surface area contributed by atoms with Crippen molar-refractivity contribution in [2.24, 2.45) is 5.41 Å². The topological polar surface area (TPSA) is 46.3 Å². The average molecular weight is 343 g/mol. The van der Waals surface area contributed by atoms with Gasteiger partial charge in [-0.3, -0.25) is 9.59 Å². The van der Waals surface area contributed by atoms with Crippen molar-refractivity contribution >= 4 is 11.8 Å². The number of carbonyl (C=O) groups is 2. The number of hydrogen-bond donors (Lipinski definition) is 2. The van der Waals surface area contributed by atoms with Crippen LogP contribution in [0.5, 0.6) is 0 Å². The molecule has 1 saturated carbocycles. The standard InChI is InChI=1S/C20H27N3O2/c24-18-14-20(8-4-5-9-20)19(25)23(18)16-22-12-10-21(11-13-22)15-17-6-2-1-3-7-17/h1-3,6-7H,4-5,8-16H2/p+2. The summed E-state index contributed by atoms with van der Waals surface area (Å²) in [6.45, 7) is 5.92. The van der Waals surface area contributed by atoms with Gasteiger partial charge in [-0.05, 0) is 12.8 Å². The van der Waals surface area contributed by atoms with Crippen LogP contribution in [0.4, 0.5) is 0 Å². The van der Waals surface area contributed by atoms with Crippen LogP contribution >= 0.6 is 0 Å². The zero-order valence-corrected chi connectivity index (χ0v) is 14.9. The summed E-state index contributed by atoms with van der Waals surface area (Å²) in [5.74, 6) is 0.194. The number of piperazine rings is 1. The summed E-state index contributed by atoms with van der Waals surface area (Å²) < 4.78 is 0. The Labute approximate surface area is 149 Å². The van der Waals surface area contributed by atoms with Crippen LogP contribution in [-0.2, 0) is 16.1 Å².